The second-order valence-corrected chi connectivity index (χ2v) is 15.6. The molecule has 0 aromatic carbocycles. The molecule has 26 heteroatoms. The molecule has 3 aromatic rings. The maximum Gasteiger partial charge on any atom is 0.247 e. The standard InChI is InChI=1S/C40H66N20O5.ClH/c1-4-21-63-23-25-65-26-24-64-22-12-47-38-48-39(57-17-13-55(14-18-57)33(61)29-59-27-31(51-53-59)8-6-10-45-36(41)42)50-40(49-38)58-19-15-56(16-20-58)35(62)34(30(3)5-2)60-28-32(52-54-60)9-7-11-46-37(43)44;/h1,27-28,30,34H,5-26,29H2,2-3H3,(H4,41,42,45)(H4,43,44,46)(H,47,48,49,50);1H/t30-,34-;/m0./s1. The van der Waals surface area contributed by atoms with Crippen LogP contribution in [0, 0.1) is 18.3 Å². The number of aliphatic imine (C=N–C) groups is 2. The van der Waals surface area contributed by atoms with E-state index in [9.17, 15) is 9.59 Å². The number of nitrogens with one attached hydrogen (secondary N) is 1. The molecule has 2 saturated heterocycles. The first-order valence-electron chi connectivity index (χ1n) is 22.2. The molecule has 0 saturated carbocycles. The van der Waals surface area contributed by atoms with E-state index in [1.54, 1.807) is 20.5 Å². The first-order valence-corrected chi connectivity index (χ1v) is 22.2. The SMILES string of the molecule is C#CCOCCOCCOCCNc1nc(N2CCN(C(=O)Cn3cc(CCCN=C(N)N)nn3)CC2)nc(N2CCN(C(=O)[C@H]([C@@H](C)CC)n3cc(CCCN=C(N)N)nn3)CC2)n1.Cl. The molecule has 2 amide bonds. The largest absolute Gasteiger partial charge is 0.377 e. The molecular formula is C40H67ClN20O5. The molecule has 2 atom stereocenters. The molecule has 66 heavy (non-hydrogen) atoms. The molecule has 3 aromatic heterocycles. The van der Waals surface area contributed by atoms with Crippen LogP contribution in [0.5, 0.6) is 0 Å². The second-order valence-electron chi connectivity index (χ2n) is 15.6. The van der Waals surface area contributed by atoms with Crippen molar-refractivity contribution in [3.63, 3.8) is 0 Å². The number of anilines is 3. The van der Waals surface area contributed by atoms with Crippen LogP contribution in [0.3, 0.4) is 0 Å². The zero-order chi connectivity index (χ0) is 46.4. The van der Waals surface area contributed by atoms with Gasteiger partial charge < -0.3 is 62.1 Å². The third-order valence-corrected chi connectivity index (χ3v) is 10.8. The molecule has 364 valence electrons. The fourth-order valence-electron chi connectivity index (χ4n) is 7.10. The van der Waals surface area contributed by atoms with Gasteiger partial charge in [-0.15, -0.1) is 29.0 Å². The maximum absolute atomic E-state index is 14.2. The van der Waals surface area contributed by atoms with E-state index in [4.69, 9.17) is 58.5 Å². The van der Waals surface area contributed by atoms with Crippen LogP contribution in [-0.4, -0.2) is 190 Å². The number of nitrogens with zero attached hydrogens (tertiary/aromatic N) is 15. The summed E-state index contributed by atoms with van der Waals surface area (Å²) in [5.74, 6) is 3.86. The Morgan fingerprint density at radius 3 is 1.89 bits per heavy atom. The number of nitrogens with two attached hydrogens (primary N) is 4. The average molecular weight is 944 g/mol. The summed E-state index contributed by atoms with van der Waals surface area (Å²) in [5.41, 5.74) is 23.2. The Morgan fingerprint density at radius 1 is 0.773 bits per heavy atom. The van der Waals surface area contributed by atoms with Gasteiger partial charge in [-0.25, -0.2) is 9.36 Å². The molecule has 0 radical (unpaired) electrons. The van der Waals surface area contributed by atoms with Crippen LogP contribution in [0.25, 0.3) is 0 Å². The summed E-state index contributed by atoms with van der Waals surface area (Å²) >= 11 is 0. The van der Waals surface area contributed by atoms with Gasteiger partial charge in [0.25, 0.3) is 0 Å². The van der Waals surface area contributed by atoms with E-state index in [0.29, 0.717) is 149 Å². The van der Waals surface area contributed by atoms with E-state index in [0.717, 1.165) is 17.8 Å². The van der Waals surface area contributed by atoms with E-state index >= 15 is 0 Å². The summed E-state index contributed by atoms with van der Waals surface area (Å²) in [6, 6.07) is -0.501. The van der Waals surface area contributed by atoms with Gasteiger partial charge in [0.2, 0.25) is 29.7 Å². The van der Waals surface area contributed by atoms with Crippen molar-refractivity contribution in [1.29, 1.82) is 0 Å². The topological polar surface area (TPSA) is 316 Å². The van der Waals surface area contributed by atoms with Gasteiger partial charge in [-0.3, -0.25) is 19.6 Å². The van der Waals surface area contributed by atoms with Gasteiger partial charge in [0.15, 0.2) is 11.9 Å². The number of terminal acetylenes is 1. The van der Waals surface area contributed by atoms with Crippen LogP contribution in [0.4, 0.5) is 17.8 Å². The van der Waals surface area contributed by atoms with Crippen molar-refractivity contribution < 1.29 is 23.8 Å². The summed E-state index contributed by atoms with van der Waals surface area (Å²) < 4.78 is 19.7. The molecule has 0 unspecified atom stereocenters. The third kappa shape index (κ3) is 17.0. The highest BCUT2D eigenvalue weighted by Gasteiger charge is 2.34. The molecule has 0 aliphatic carbocycles. The van der Waals surface area contributed by atoms with Crippen LogP contribution in [0.2, 0.25) is 0 Å². The minimum absolute atomic E-state index is 0. The van der Waals surface area contributed by atoms with E-state index in [-0.39, 0.29) is 55.2 Å². The summed E-state index contributed by atoms with van der Waals surface area (Å²) in [6.45, 7) is 11.9. The van der Waals surface area contributed by atoms with Crippen molar-refractivity contribution in [1.82, 2.24) is 54.7 Å². The number of carbonyl (C=O) groups excluding carboxylic acids is 2. The van der Waals surface area contributed by atoms with E-state index in [1.165, 1.54) is 0 Å². The lowest BCUT2D eigenvalue weighted by Crippen LogP contribution is -2.52. The molecule has 25 nitrogen and oxygen atoms in total. The lowest BCUT2D eigenvalue weighted by Gasteiger charge is -2.38. The average Bonchev–Trinajstić information content (AvgIpc) is 3.97. The lowest BCUT2D eigenvalue weighted by atomic mass is 9.97. The number of aryl methyl sites for hydroxylation is 2. The Hall–Kier alpha value is -6.10. The summed E-state index contributed by atoms with van der Waals surface area (Å²) in [4.78, 5) is 57.8. The van der Waals surface area contributed by atoms with Crippen molar-refractivity contribution in [3.05, 3.63) is 23.8 Å². The van der Waals surface area contributed by atoms with Crippen LogP contribution in [0.1, 0.15) is 50.5 Å². The van der Waals surface area contributed by atoms with Crippen molar-refractivity contribution in [2.24, 2.45) is 38.8 Å². The molecule has 2 fully saturated rings. The summed E-state index contributed by atoms with van der Waals surface area (Å²) in [7, 11) is 0. The van der Waals surface area contributed by atoms with Crippen molar-refractivity contribution in [2.45, 2.75) is 58.5 Å². The minimum atomic E-state index is -0.501. The quantitative estimate of drug-likeness (QED) is 0.0245. The monoisotopic (exact) mass is 943 g/mol. The second kappa shape index (κ2) is 28.1. The first-order chi connectivity index (χ1) is 31.5. The number of hydrogen-bond acceptors (Lipinski definition) is 17. The summed E-state index contributed by atoms with van der Waals surface area (Å²) in [5, 5.41) is 20.3. The van der Waals surface area contributed by atoms with Gasteiger partial charge in [0.1, 0.15) is 19.2 Å². The number of ether oxygens (including phenoxy) is 3. The molecule has 0 bridgehead atoms. The van der Waals surface area contributed by atoms with Gasteiger partial charge in [-0.2, -0.15) is 15.0 Å². The minimum Gasteiger partial charge on any atom is -0.377 e. The Balaban J connectivity index is 0.00000952. The number of hydrogen-bond donors (Lipinski definition) is 5. The van der Waals surface area contributed by atoms with Crippen molar-refractivity contribution in [2.75, 3.05) is 127 Å². The maximum atomic E-state index is 14.2. The number of rotatable bonds is 27. The highest BCUT2D eigenvalue weighted by molar-refractivity contribution is 5.85. The number of amides is 2. The van der Waals surface area contributed by atoms with Crippen molar-refractivity contribution in [3.8, 4) is 12.3 Å². The van der Waals surface area contributed by atoms with Gasteiger partial charge in [-0.05, 0) is 31.6 Å². The molecule has 5 rings (SSSR count). The van der Waals surface area contributed by atoms with Crippen LogP contribution in [-0.2, 0) is 43.2 Å². The van der Waals surface area contributed by atoms with Gasteiger partial charge in [0, 0.05) is 84.4 Å². The normalized spacial score (nSPS) is 14.8. The highest BCUT2D eigenvalue weighted by atomic mass is 35.5. The fraction of sp³-hybridized carbons (Fsp3) is 0.675. The number of aromatic nitrogens is 9. The Labute approximate surface area is 391 Å². The highest BCUT2D eigenvalue weighted by Crippen LogP contribution is 2.26. The molecular weight excluding hydrogens is 876 g/mol. The smallest absolute Gasteiger partial charge is 0.247 e. The molecule has 2 aliphatic heterocycles. The number of carbonyl (C=O) groups is 2. The molecule has 0 spiro atoms. The Kier molecular flexibility index (Phi) is 22.3. The third-order valence-electron chi connectivity index (χ3n) is 10.8. The Bertz CT molecular complexity index is 2020. The lowest BCUT2D eigenvalue weighted by molar-refractivity contribution is -0.137. The van der Waals surface area contributed by atoms with Crippen LogP contribution >= 0.6 is 12.4 Å². The predicted molar refractivity (Wildman–Crippen MR) is 251 cm³/mol. The van der Waals surface area contributed by atoms with Gasteiger partial charge in [-0.1, -0.05) is 36.6 Å². The first kappa shape index (κ1) is 52.5. The number of piperazine rings is 2. The van der Waals surface area contributed by atoms with Gasteiger partial charge >= 0.3 is 0 Å². The zero-order valence-electron chi connectivity index (χ0n) is 38.1. The number of guanidine groups is 2. The molecule has 5 heterocycles. The zero-order valence-corrected chi connectivity index (χ0v) is 38.9. The van der Waals surface area contributed by atoms with Gasteiger partial charge in [0.05, 0.1) is 44.4 Å². The molecule has 9 N–H and O–H groups in total. The predicted octanol–water partition coefficient (Wildman–Crippen LogP) is -1.73. The van der Waals surface area contributed by atoms with Crippen molar-refractivity contribution >= 4 is 54.0 Å². The van der Waals surface area contributed by atoms with E-state index in [2.05, 4.69) is 65.5 Å². The summed E-state index contributed by atoms with van der Waals surface area (Å²) in [6.07, 6.45) is 12.3. The Morgan fingerprint density at radius 2 is 1.32 bits per heavy atom. The van der Waals surface area contributed by atoms with E-state index in [1.807, 2.05) is 11.1 Å². The molecule has 2 aliphatic rings. The van der Waals surface area contributed by atoms with E-state index < -0.39 is 6.04 Å². The fourth-order valence-corrected chi connectivity index (χ4v) is 7.10. The van der Waals surface area contributed by atoms with Crippen LogP contribution in [0.15, 0.2) is 22.4 Å². The number of halogens is 1. The van der Waals surface area contributed by atoms with Crippen LogP contribution < -0.4 is 38.1 Å².